The fourth-order valence-corrected chi connectivity index (χ4v) is 6.51. The van der Waals surface area contributed by atoms with Crippen LogP contribution in [0.1, 0.15) is 86.6 Å². The summed E-state index contributed by atoms with van der Waals surface area (Å²) in [4.78, 5) is 43.8. The fourth-order valence-electron chi connectivity index (χ4n) is 6.51. The topological polar surface area (TPSA) is 108 Å². The summed E-state index contributed by atoms with van der Waals surface area (Å²) in [6.07, 6.45) is 4.44. The highest BCUT2D eigenvalue weighted by molar-refractivity contribution is 6.00. The smallest absolute Gasteiger partial charge is 0.251 e. The van der Waals surface area contributed by atoms with Crippen molar-refractivity contribution in [3.8, 4) is 5.69 Å². The van der Waals surface area contributed by atoms with Gasteiger partial charge in [-0.25, -0.2) is 4.68 Å². The number of unbranched alkanes of at least 4 members (excludes halogenated alkanes) is 1. The van der Waals surface area contributed by atoms with Gasteiger partial charge in [-0.1, -0.05) is 27.2 Å². The van der Waals surface area contributed by atoms with Gasteiger partial charge in [0.15, 0.2) is 5.78 Å². The molecule has 3 heterocycles. The number of hydrogen-bond acceptors (Lipinski definition) is 6. The molecule has 240 valence electrons. The number of piperidine rings is 2. The molecule has 4 rings (SSSR count). The Kier molecular flexibility index (Phi) is 13.7. The second-order valence-electron chi connectivity index (χ2n) is 12.2. The van der Waals surface area contributed by atoms with Crippen LogP contribution < -0.4 is 5.32 Å². The SMILES string of the molecule is CCCCN1C(=O)[C@H](CC(C)C)CC(=O)C12CCN(Cc1c(C)nn(-c3ccc(C(=O)NCCO)cc3)c1C)CC2.Cl.Cl. The number of benzene rings is 1. The van der Waals surface area contributed by atoms with Gasteiger partial charge < -0.3 is 15.3 Å². The molecule has 0 aliphatic carbocycles. The number of carbonyl (C=O) groups excluding carboxylic acids is 3. The zero-order valence-electron chi connectivity index (χ0n) is 26.2. The van der Waals surface area contributed by atoms with Crippen LogP contribution in [0.25, 0.3) is 5.69 Å². The first-order chi connectivity index (χ1) is 19.6. The number of amides is 2. The second kappa shape index (κ2) is 16.0. The molecule has 43 heavy (non-hydrogen) atoms. The van der Waals surface area contributed by atoms with E-state index in [9.17, 15) is 14.4 Å². The van der Waals surface area contributed by atoms with Crippen LogP contribution in [0.4, 0.5) is 0 Å². The number of nitrogens with zero attached hydrogens (tertiary/aromatic N) is 4. The van der Waals surface area contributed by atoms with E-state index in [0.29, 0.717) is 37.3 Å². The van der Waals surface area contributed by atoms with Crippen molar-refractivity contribution in [3.05, 3.63) is 46.8 Å². The zero-order chi connectivity index (χ0) is 29.7. The monoisotopic (exact) mass is 637 g/mol. The van der Waals surface area contributed by atoms with Crippen molar-refractivity contribution in [2.45, 2.75) is 85.2 Å². The molecule has 2 saturated heterocycles. The van der Waals surface area contributed by atoms with Gasteiger partial charge in [0, 0.05) is 61.9 Å². The molecule has 0 bridgehead atoms. The van der Waals surface area contributed by atoms with Crippen LogP contribution in [0.5, 0.6) is 0 Å². The number of ketones is 1. The second-order valence-corrected chi connectivity index (χ2v) is 12.2. The minimum Gasteiger partial charge on any atom is -0.395 e. The maximum absolute atomic E-state index is 13.7. The highest BCUT2D eigenvalue weighted by atomic mass is 35.5. The number of likely N-dealkylation sites (tertiary alicyclic amines) is 2. The molecule has 2 aromatic rings. The van der Waals surface area contributed by atoms with Gasteiger partial charge in [-0.2, -0.15) is 5.10 Å². The Bertz CT molecular complexity index is 1240. The van der Waals surface area contributed by atoms with E-state index in [0.717, 1.165) is 61.5 Å². The van der Waals surface area contributed by atoms with E-state index in [1.165, 1.54) is 0 Å². The Morgan fingerprint density at radius 3 is 2.35 bits per heavy atom. The van der Waals surface area contributed by atoms with E-state index in [1.54, 1.807) is 12.1 Å². The van der Waals surface area contributed by atoms with E-state index in [4.69, 9.17) is 10.2 Å². The predicted molar refractivity (Wildman–Crippen MR) is 173 cm³/mol. The predicted octanol–water partition coefficient (Wildman–Crippen LogP) is 4.65. The number of nitrogens with one attached hydrogen (secondary N) is 1. The molecule has 1 aromatic carbocycles. The van der Waals surface area contributed by atoms with Gasteiger partial charge in [0.1, 0.15) is 5.54 Å². The summed E-state index contributed by atoms with van der Waals surface area (Å²) < 4.78 is 1.91. The lowest BCUT2D eigenvalue weighted by Gasteiger charge is -2.52. The Hall–Kier alpha value is -2.46. The Balaban J connectivity index is 0.00000323. The van der Waals surface area contributed by atoms with E-state index < -0.39 is 5.54 Å². The average Bonchev–Trinajstić information content (AvgIpc) is 3.23. The van der Waals surface area contributed by atoms with Crippen LogP contribution in [0.15, 0.2) is 24.3 Å². The highest BCUT2D eigenvalue weighted by Gasteiger charge is 2.52. The van der Waals surface area contributed by atoms with Crippen molar-refractivity contribution in [2.75, 3.05) is 32.8 Å². The molecule has 1 atom stereocenters. The van der Waals surface area contributed by atoms with Crippen LogP contribution in [-0.4, -0.2) is 80.6 Å². The standard InChI is InChI=1S/C32H47N5O4.2ClH/c1-6-7-15-36-31(41)26(19-22(2)3)20-29(39)32(36)12-16-35(17-13-32)21-28-23(4)34-37(24(28)5)27-10-8-25(9-11-27)30(40)33-14-18-38;;/h8-11,22,26,38H,6-7,12-21H2,1-5H3,(H,33,40);2*1H/t26-;;/m1../s1. The summed E-state index contributed by atoms with van der Waals surface area (Å²) in [7, 11) is 0. The summed E-state index contributed by atoms with van der Waals surface area (Å²) in [5.41, 5.74) is 3.92. The number of carbonyl (C=O) groups is 3. The molecule has 2 fully saturated rings. The number of aromatic nitrogens is 2. The van der Waals surface area contributed by atoms with Crippen LogP contribution in [0.2, 0.25) is 0 Å². The summed E-state index contributed by atoms with van der Waals surface area (Å²) in [6, 6.07) is 7.29. The minimum atomic E-state index is -0.657. The first-order valence-corrected chi connectivity index (χ1v) is 15.2. The summed E-state index contributed by atoms with van der Waals surface area (Å²) in [6.45, 7) is 13.5. The maximum atomic E-state index is 13.7. The molecular formula is C32H49Cl2N5O4. The van der Waals surface area contributed by atoms with Crippen LogP contribution in [-0.2, 0) is 16.1 Å². The fraction of sp³-hybridized carbons (Fsp3) is 0.625. The van der Waals surface area contributed by atoms with Crippen molar-refractivity contribution in [2.24, 2.45) is 11.8 Å². The van der Waals surface area contributed by atoms with Crippen molar-refractivity contribution >= 4 is 42.4 Å². The summed E-state index contributed by atoms with van der Waals surface area (Å²) in [5, 5.41) is 16.4. The minimum absolute atomic E-state index is 0. The van der Waals surface area contributed by atoms with Gasteiger partial charge in [0.2, 0.25) is 5.91 Å². The molecule has 0 radical (unpaired) electrons. The van der Waals surface area contributed by atoms with E-state index in [-0.39, 0.29) is 61.5 Å². The number of Topliss-reactive ketones (excluding diaryl/α,β-unsaturated/α-hetero) is 1. The van der Waals surface area contributed by atoms with Crippen LogP contribution >= 0.6 is 24.8 Å². The Labute approximate surface area is 268 Å². The molecule has 9 nitrogen and oxygen atoms in total. The number of halogens is 2. The van der Waals surface area contributed by atoms with Gasteiger partial charge in [-0.3, -0.25) is 19.3 Å². The van der Waals surface area contributed by atoms with Gasteiger partial charge in [0.25, 0.3) is 5.91 Å². The number of aliphatic hydroxyl groups excluding tert-OH is 1. The molecule has 2 aliphatic rings. The lowest BCUT2D eigenvalue weighted by molar-refractivity contribution is -0.162. The van der Waals surface area contributed by atoms with Gasteiger partial charge in [0.05, 0.1) is 18.0 Å². The van der Waals surface area contributed by atoms with Crippen LogP contribution in [0.3, 0.4) is 0 Å². The molecule has 0 unspecified atom stereocenters. The lowest BCUT2D eigenvalue weighted by Crippen LogP contribution is -2.66. The highest BCUT2D eigenvalue weighted by Crippen LogP contribution is 2.40. The summed E-state index contributed by atoms with van der Waals surface area (Å²) >= 11 is 0. The molecular weight excluding hydrogens is 589 g/mol. The third kappa shape index (κ3) is 7.98. The normalized spacial score (nSPS) is 18.5. The van der Waals surface area contributed by atoms with Gasteiger partial charge in [-0.15, -0.1) is 24.8 Å². The largest absolute Gasteiger partial charge is 0.395 e. The molecule has 1 aromatic heterocycles. The van der Waals surface area contributed by atoms with Crippen molar-refractivity contribution in [3.63, 3.8) is 0 Å². The molecule has 11 heteroatoms. The molecule has 0 saturated carbocycles. The van der Waals surface area contributed by atoms with Gasteiger partial charge in [-0.05, 0) is 69.7 Å². The van der Waals surface area contributed by atoms with Crippen LogP contribution in [0, 0.1) is 25.7 Å². The third-order valence-corrected chi connectivity index (χ3v) is 8.85. The number of hydrogen-bond donors (Lipinski definition) is 2. The van der Waals surface area contributed by atoms with E-state index in [1.807, 2.05) is 28.6 Å². The maximum Gasteiger partial charge on any atom is 0.251 e. The molecule has 2 N–H and O–H groups in total. The number of rotatable bonds is 11. The van der Waals surface area contributed by atoms with Crippen molar-refractivity contribution in [1.82, 2.24) is 24.9 Å². The molecule has 2 aliphatic heterocycles. The molecule has 1 spiro atoms. The van der Waals surface area contributed by atoms with E-state index in [2.05, 4.69) is 37.9 Å². The van der Waals surface area contributed by atoms with Crippen molar-refractivity contribution in [1.29, 1.82) is 0 Å². The average molecular weight is 639 g/mol. The molecule has 2 amide bonds. The third-order valence-electron chi connectivity index (χ3n) is 8.85. The lowest BCUT2D eigenvalue weighted by atomic mass is 9.72. The first-order valence-electron chi connectivity index (χ1n) is 15.2. The Morgan fingerprint density at radius 2 is 1.77 bits per heavy atom. The Morgan fingerprint density at radius 1 is 1.12 bits per heavy atom. The van der Waals surface area contributed by atoms with E-state index >= 15 is 0 Å². The summed E-state index contributed by atoms with van der Waals surface area (Å²) in [5.74, 6) is 0.437. The number of aryl methyl sites for hydroxylation is 1. The zero-order valence-corrected chi connectivity index (χ0v) is 27.9. The van der Waals surface area contributed by atoms with Gasteiger partial charge >= 0.3 is 0 Å². The number of aliphatic hydroxyl groups is 1. The quantitative estimate of drug-likeness (QED) is 0.371. The first kappa shape index (κ1) is 36.7. The van der Waals surface area contributed by atoms with Crippen molar-refractivity contribution < 1.29 is 19.5 Å².